The van der Waals surface area contributed by atoms with Crippen LogP contribution < -0.4 is 4.74 Å². The van der Waals surface area contributed by atoms with Gasteiger partial charge in [0.15, 0.2) is 0 Å². The minimum absolute atomic E-state index is 0.180. The van der Waals surface area contributed by atoms with Gasteiger partial charge in [-0.3, -0.25) is 4.79 Å². The van der Waals surface area contributed by atoms with Crippen LogP contribution in [0.2, 0.25) is 5.82 Å². The Morgan fingerprint density at radius 3 is 2.80 bits per heavy atom. The van der Waals surface area contributed by atoms with Crippen molar-refractivity contribution >= 4 is 13.8 Å². The number of rotatable bonds is 7. The van der Waals surface area contributed by atoms with E-state index in [4.69, 9.17) is 14.7 Å². The number of benzene rings is 1. The van der Waals surface area contributed by atoms with Gasteiger partial charge < -0.3 is 9.47 Å². The predicted octanol–water partition coefficient (Wildman–Crippen LogP) is 1.87. The summed E-state index contributed by atoms with van der Waals surface area (Å²) in [4.78, 5) is 11.4. The average molecular weight is 273 g/mol. The number of hydrogen-bond acceptors (Lipinski definition) is 4. The van der Waals surface area contributed by atoms with Crippen LogP contribution in [0.15, 0.2) is 18.2 Å². The van der Waals surface area contributed by atoms with Crippen molar-refractivity contribution in [1.29, 1.82) is 5.26 Å². The highest BCUT2D eigenvalue weighted by Gasteiger charge is 2.13. The second kappa shape index (κ2) is 8.26. The van der Waals surface area contributed by atoms with Crippen LogP contribution in [0.25, 0.3) is 0 Å². The highest BCUT2D eigenvalue weighted by atomic mass is 16.5. The van der Waals surface area contributed by atoms with Crippen LogP contribution in [0.4, 0.5) is 0 Å². The summed E-state index contributed by atoms with van der Waals surface area (Å²) in [6.45, 7) is 4.63. The summed E-state index contributed by atoms with van der Waals surface area (Å²) in [6, 6.07) is 7.67. The van der Waals surface area contributed by atoms with E-state index >= 15 is 0 Å². The lowest BCUT2D eigenvalue weighted by Gasteiger charge is -2.12. The molecular weight excluding hydrogens is 253 g/mol. The van der Waals surface area contributed by atoms with E-state index in [1.807, 2.05) is 26.9 Å². The summed E-state index contributed by atoms with van der Waals surface area (Å²) in [5.74, 6) is 0.283. The first-order valence-corrected chi connectivity index (χ1v) is 6.94. The van der Waals surface area contributed by atoms with Gasteiger partial charge in [-0.1, -0.05) is 13.0 Å². The zero-order valence-corrected chi connectivity index (χ0v) is 12.3. The molecule has 0 aromatic heterocycles. The van der Waals surface area contributed by atoms with Crippen molar-refractivity contribution in [3.05, 3.63) is 29.3 Å². The van der Waals surface area contributed by atoms with Gasteiger partial charge >= 0.3 is 5.97 Å². The first-order chi connectivity index (χ1) is 9.62. The Labute approximate surface area is 121 Å². The summed E-state index contributed by atoms with van der Waals surface area (Å²) in [5, 5.41) is 9.05. The number of carbonyl (C=O) groups excluding carboxylic acids is 1. The maximum absolute atomic E-state index is 11.4. The van der Waals surface area contributed by atoms with Crippen LogP contribution in [0.3, 0.4) is 0 Å². The highest BCUT2D eigenvalue weighted by molar-refractivity contribution is 6.22. The number of hydrogen-bond donors (Lipinski definition) is 0. The van der Waals surface area contributed by atoms with Crippen LogP contribution in [-0.2, 0) is 16.0 Å². The number of nitrogens with zero attached hydrogens (tertiary/aromatic N) is 1. The third-order valence-corrected chi connectivity index (χ3v) is 3.09. The fourth-order valence-electron chi connectivity index (χ4n) is 1.81. The van der Waals surface area contributed by atoms with Crippen LogP contribution in [0.5, 0.6) is 5.75 Å². The minimum Gasteiger partial charge on any atom is -0.494 e. The van der Waals surface area contributed by atoms with Crippen molar-refractivity contribution in [2.45, 2.75) is 32.5 Å². The van der Waals surface area contributed by atoms with Crippen molar-refractivity contribution in [3.63, 3.8) is 0 Å². The Bertz CT molecular complexity index is 496. The molecule has 0 saturated carbocycles. The van der Waals surface area contributed by atoms with E-state index in [9.17, 15) is 4.79 Å². The number of ether oxygens (including phenoxy) is 2. The normalized spacial score (nSPS) is 11.4. The fraction of sp³-hybridized carbons (Fsp3) is 0.467. The molecule has 4 nitrogen and oxygen atoms in total. The van der Waals surface area contributed by atoms with Crippen LogP contribution in [-0.4, -0.2) is 27.0 Å². The largest absolute Gasteiger partial charge is 0.494 e. The molecule has 1 unspecified atom stereocenters. The van der Waals surface area contributed by atoms with Crippen LogP contribution in [0, 0.1) is 11.3 Å². The zero-order chi connectivity index (χ0) is 15.0. The summed E-state index contributed by atoms with van der Waals surface area (Å²) in [7, 11) is 1.82. The number of nitriles is 1. The number of aryl methyl sites for hydroxylation is 1. The van der Waals surface area contributed by atoms with E-state index in [1.165, 1.54) is 0 Å². The lowest BCUT2D eigenvalue weighted by Crippen LogP contribution is -2.15. The molecule has 1 aromatic rings. The van der Waals surface area contributed by atoms with E-state index in [2.05, 4.69) is 6.07 Å². The number of carbonyl (C=O) groups is 1. The van der Waals surface area contributed by atoms with E-state index in [-0.39, 0.29) is 11.8 Å². The second-order valence-corrected chi connectivity index (χ2v) is 4.57. The minimum atomic E-state index is -0.199. The maximum Gasteiger partial charge on any atom is 0.300 e. The molecule has 5 heteroatoms. The maximum atomic E-state index is 11.4. The topological polar surface area (TPSA) is 59.3 Å². The van der Waals surface area contributed by atoms with Gasteiger partial charge in [0, 0.05) is 5.82 Å². The SMILES string of the molecule is BC(CCOc1ccc(CC)c(C#N)c1)C(=O)OCC. The Hall–Kier alpha value is -1.96. The van der Waals surface area contributed by atoms with E-state index in [0.29, 0.717) is 30.9 Å². The van der Waals surface area contributed by atoms with Gasteiger partial charge in [0.25, 0.3) is 0 Å². The molecule has 1 aromatic carbocycles. The van der Waals surface area contributed by atoms with Crippen molar-refractivity contribution < 1.29 is 14.3 Å². The van der Waals surface area contributed by atoms with Gasteiger partial charge in [-0.2, -0.15) is 5.26 Å². The third-order valence-electron chi connectivity index (χ3n) is 3.09. The monoisotopic (exact) mass is 273 g/mol. The van der Waals surface area contributed by atoms with Gasteiger partial charge in [0.2, 0.25) is 0 Å². The molecule has 0 amide bonds. The molecule has 106 valence electrons. The molecule has 0 fully saturated rings. The van der Waals surface area contributed by atoms with Gasteiger partial charge in [-0.25, -0.2) is 0 Å². The summed E-state index contributed by atoms with van der Waals surface area (Å²) < 4.78 is 10.5. The number of esters is 1. The molecule has 0 saturated heterocycles. The molecule has 0 N–H and O–H groups in total. The highest BCUT2D eigenvalue weighted by Crippen LogP contribution is 2.19. The average Bonchev–Trinajstić information content (AvgIpc) is 2.47. The molecule has 0 heterocycles. The molecule has 0 radical (unpaired) electrons. The Morgan fingerprint density at radius 1 is 1.45 bits per heavy atom. The molecule has 0 bridgehead atoms. The lowest BCUT2D eigenvalue weighted by molar-refractivity contribution is -0.143. The van der Waals surface area contributed by atoms with Crippen molar-refractivity contribution in [2.75, 3.05) is 13.2 Å². The Morgan fingerprint density at radius 2 is 2.20 bits per heavy atom. The van der Waals surface area contributed by atoms with Crippen molar-refractivity contribution in [1.82, 2.24) is 0 Å². The van der Waals surface area contributed by atoms with Gasteiger partial charge in [-0.15, -0.1) is 0 Å². The Kier molecular flexibility index (Phi) is 6.65. The summed E-state index contributed by atoms with van der Waals surface area (Å²) >= 11 is 0. The molecular formula is C15H20BNO3. The van der Waals surface area contributed by atoms with E-state index < -0.39 is 0 Å². The quantitative estimate of drug-likeness (QED) is 0.562. The summed E-state index contributed by atoms with van der Waals surface area (Å²) in [6.07, 6.45) is 1.42. The van der Waals surface area contributed by atoms with Crippen molar-refractivity contribution in [2.24, 2.45) is 0 Å². The molecule has 0 aliphatic rings. The smallest absolute Gasteiger partial charge is 0.300 e. The van der Waals surface area contributed by atoms with Gasteiger partial charge in [0.1, 0.15) is 13.6 Å². The first kappa shape index (κ1) is 16.1. The van der Waals surface area contributed by atoms with E-state index in [1.54, 1.807) is 13.0 Å². The fourth-order valence-corrected chi connectivity index (χ4v) is 1.81. The van der Waals surface area contributed by atoms with E-state index in [0.717, 1.165) is 12.0 Å². The third kappa shape index (κ3) is 4.62. The molecule has 1 atom stereocenters. The molecule has 0 spiro atoms. The first-order valence-electron chi connectivity index (χ1n) is 6.94. The molecule has 0 aliphatic carbocycles. The van der Waals surface area contributed by atoms with Gasteiger partial charge in [0.05, 0.1) is 24.8 Å². The zero-order valence-electron chi connectivity index (χ0n) is 12.3. The summed E-state index contributed by atoms with van der Waals surface area (Å²) in [5.41, 5.74) is 1.66. The van der Waals surface area contributed by atoms with Crippen LogP contribution in [0.1, 0.15) is 31.4 Å². The van der Waals surface area contributed by atoms with Gasteiger partial charge in [-0.05, 0) is 37.5 Å². The standard InChI is InChI=1S/C15H20BNO3/c1-3-11-5-6-13(9-12(11)10-17)20-8-7-14(16)15(18)19-4-2/h5-6,9,14H,3-4,7-8,16H2,1-2H3. The van der Waals surface area contributed by atoms with Crippen LogP contribution >= 0.6 is 0 Å². The second-order valence-electron chi connectivity index (χ2n) is 4.57. The molecule has 20 heavy (non-hydrogen) atoms. The molecule has 1 rings (SSSR count). The molecule has 0 aliphatic heterocycles. The van der Waals surface area contributed by atoms with Crippen molar-refractivity contribution in [3.8, 4) is 11.8 Å². The Balaban J connectivity index is 2.50. The predicted molar refractivity (Wildman–Crippen MR) is 79.6 cm³/mol. The lowest BCUT2D eigenvalue weighted by atomic mass is 9.85.